The maximum atomic E-state index is 6.54. The van der Waals surface area contributed by atoms with E-state index < -0.39 is 0 Å². The summed E-state index contributed by atoms with van der Waals surface area (Å²) in [5.41, 5.74) is 2.27. The highest BCUT2D eigenvalue weighted by Gasteiger charge is 2.21. The molecule has 0 N–H and O–H groups in total. The molecular formula is C31H28O2. The average Bonchev–Trinajstić information content (AvgIpc) is 2.81. The van der Waals surface area contributed by atoms with Crippen molar-refractivity contribution in [2.75, 3.05) is 0 Å². The van der Waals surface area contributed by atoms with E-state index in [1.807, 2.05) is 54.6 Å². The van der Waals surface area contributed by atoms with Gasteiger partial charge in [-0.05, 0) is 52.4 Å². The fourth-order valence-corrected chi connectivity index (χ4v) is 4.42. The molecule has 0 radical (unpaired) electrons. The van der Waals surface area contributed by atoms with E-state index in [4.69, 9.17) is 9.47 Å². The summed E-state index contributed by atoms with van der Waals surface area (Å²) in [6.45, 7) is 8.79. The topological polar surface area (TPSA) is 18.5 Å². The van der Waals surface area contributed by atoms with Crippen molar-refractivity contribution in [2.24, 2.45) is 0 Å². The zero-order chi connectivity index (χ0) is 23.0. The lowest BCUT2D eigenvalue weighted by Gasteiger charge is -2.25. The largest absolute Gasteiger partial charge is 0.457 e. The van der Waals surface area contributed by atoms with Gasteiger partial charge in [0.25, 0.3) is 0 Å². The van der Waals surface area contributed by atoms with E-state index in [0.29, 0.717) is 0 Å². The average molecular weight is 433 g/mol. The van der Waals surface area contributed by atoms with Gasteiger partial charge < -0.3 is 9.47 Å². The normalized spacial score (nSPS) is 11.6. The molecule has 0 amide bonds. The standard InChI is InChI=1S/C31H28O2/c1-21-27(31(2,3)4)19-24(32-28-17-9-13-22-11-5-7-15-25(22)28)20-30(21)33-29-18-10-14-23-12-6-8-16-26(23)29/h5-20H,1-4H3. The number of hydrogen-bond donors (Lipinski definition) is 0. The van der Waals surface area contributed by atoms with Gasteiger partial charge in [0.15, 0.2) is 0 Å². The Bertz CT molecular complexity index is 1450. The summed E-state index contributed by atoms with van der Waals surface area (Å²) in [6, 6.07) is 33.1. The fourth-order valence-electron chi connectivity index (χ4n) is 4.42. The molecule has 0 aliphatic carbocycles. The number of rotatable bonds is 4. The van der Waals surface area contributed by atoms with Gasteiger partial charge in [-0.15, -0.1) is 0 Å². The first kappa shape index (κ1) is 21.1. The highest BCUT2D eigenvalue weighted by molar-refractivity contribution is 5.89. The van der Waals surface area contributed by atoms with Gasteiger partial charge in [-0.3, -0.25) is 0 Å². The number of ether oxygens (including phenoxy) is 2. The van der Waals surface area contributed by atoms with Gasteiger partial charge in [0.1, 0.15) is 23.0 Å². The molecule has 5 rings (SSSR count). The Hall–Kier alpha value is -3.78. The van der Waals surface area contributed by atoms with Gasteiger partial charge in [0.2, 0.25) is 0 Å². The lowest BCUT2D eigenvalue weighted by molar-refractivity contribution is 0.456. The van der Waals surface area contributed by atoms with Gasteiger partial charge in [0, 0.05) is 16.8 Å². The maximum Gasteiger partial charge on any atom is 0.135 e. The predicted octanol–water partition coefficient (Wildman–Crippen LogP) is 9.18. The van der Waals surface area contributed by atoms with E-state index in [1.165, 1.54) is 5.56 Å². The van der Waals surface area contributed by atoms with Gasteiger partial charge in [-0.2, -0.15) is 0 Å². The van der Waals surface area contributed by atoms with Crippen LogP contribution in [0.1, 0.15) is 31.9 Å². The van der Waals surface area contributed by atoms with Crippen LogP contribution in [0.4, 0.5) is 0 Å². The Kier molecular flexibility index (Phi) is 5.30. The Labute approximate surface area is 195 Å². The van der Waals surface area contributed by atoms with E-state index in [9.17, 15) is 0 Å². The van der Waals surface area contributed by atoms with Crippen LogP contribution in [0.2, 0.25) is 0 Å². The van der Waals surface area contributed by atoms with Gasteiger partial charge in [-0.25, -0.2) is 0 Å². The third kappa shape index (κ3) is 4.17. The first-order chi connectivity index (χ1) is 15.9. The van der Waals surface area contributed by atoms with Crippen molar-refractivity contribution in [3.63, 3.8) is 0 Å². The number of benzene rings is 5. The van der Waals surface area contributed by atoms with E-state index in [2.05, 4.69) is 70.2 Å². The van der Waals surface area contributed by atoms with Crippen LogP contribution in [-0.2, 0) is 5.41 Å². The minimum atomic E-state index is -0.0565. The third-order valence-electron chi connectivity index (χ3n) is 6.09. The van der Waals surface area contributed by atoms with E-state index in [0.717, 1.165) is 50.1 Å². The van der Waals surface area contributed by atoms with Crippen LogP contribution < -0.4 is 9.47 Å². The first-order valence-corrected chi connectivity index (χ1v) is 11.4. The summed E-state index contributed by atoms with van der Waals surface area (Å²) < 4.78 is 13.0. The minimum Gasteiger partial charge on any atom is -0.457 e. The third-order valence-corrected chi connectivity index (χ3v) is 6.09. The van der Waals surface area contributed by atoms with Crippen molar-refractivity contribution in [3.05, 3.63) is 108 Å². The second kappa shape index (κ2) is 8.29. The highest BCUT2D eigenvalue weighted by Crippen LogP contribution is 2.41. The molecule has 0 aromatic heterocycles. The summed E-state index contributed by atoms with van der Waals surface area (Å²) in [6.07, 6.45) is 0. The SMILES string of the molecule is Cc1c(Oc2cccc3ccccc23)cc(Oc2cccc3ccccc23)cc1C(C)(C)C. The maximum absolute atomic E-state index is 6.54. The Balaban J connectivity index is 1.61. The molecule has 2 heteroatoms. The van der Waals surface area contributed by atoms with Crippen molar-refractivity contribution in [3.8, 4) is 23.0 Å². The molecule has 5 aromatic rings. The molecule has 0 atom stereocenters. The summed E-state index contributed by atoms with van der Waals surface area (Å²) >= 11 is 0. The molecule has 164 valence electrons. The van der Waals surface area contributed by atoms with Crippen LogP contribution in [0, 0.1) is 6.92 Å². The smallest absolute Gasteiger partial charge is 0.135 e. The number of hydrogen-bond acceptors (Lipinski definition) is 2. The van der Waals surface area contributed by atoms with Crippen LogP contribution in [0.25, 0.3) is 21.5 Å². The molecule has 0 fully saturated rings. The molecule has 0 heterocycles. The van der Waals surface area contributed by atoms with Crippen LogP contribution in [0.15, 0.2) is 97.1 Å². The minimum absolute atomic E-state index is 0.0565. The van der Waals surface area contributed by atoms with Crippen LogP contribution in [-0.4, -0.2) is 0 Å². The quantitative estimate of drug-likeness (QED) is 0.282. The summed E-state index contributed by atoms with van der Waals surface area (Å²) in [7, 11) is 0. The molecule has 0 aliphatic rings. The van der Waals surface area contributed by atoms with Gasteiger partial charge >= 0.3 is 0 Å². The highest BCUT2D eigenvalue weighted by atomic mass is 16.5. The lowest BCUT2D eigenvalue weighted by atomic mass is 9.83. The van der Waals surface area contributed by atoms with Crippen LogP contribution >= 0.6 is 0 Å². The van der Waals surface area contributed by atoms with E-state index >= 15 is 0 Å². The van der Waals surface area contributed by atoms with Gasteiger partial charge in [-0.1, -0.05) is 93.6 Å². The fraction of sp³-hybridized carbons (Fsp3) is 0.161. The zero-order valence-electron chi connectivity index (χ0n) is 19.6. The van der Waals surface area contributed by atoms with Crippen LogP contribution in [0.3, 0.4) is 0 Å². The van der Waals surface area contributed by atoms with Crippen LogP contribution in [0.5, 0.6) is 23.0 Å². The van der Waals surface area contributed by atoms with Crippen molar-refractivity contribution >= 4 is 21.5 Å². The number of fused-ring (bicyclic) bond motifs is 2. The molecule has 33 heavy (non-hydrogen) atoms. The molecular weight excluding hydrogens is 404 g/mol. The first-order valence-electron chi connectivity index (χ1n) is 11.4. The Morgan fingerprint density at radius 3 is 1.64 bits per heavy atom. The molecule has 0 saturated heterocycles. The monoisotopic (exact) mass is 432 g/mol. The van der Waals surface area contributed by atoms with E-state index in [1.54, 1.807) is 0 Å². The Morgan fingerprint density at radius 1 is 0.545 bits per heavy atom. The molecule has 0 bridgehead atoms. The lowest BCUT2D eigenvalue weighted by Crippen LogP contribution is -2.13. The summed E-state index contributed by atoms with van der Waals surface area (Å²) in [4.78, 5) is 0. The molecule has 5 aromatic carbocycles. The van der Waals surface area contributed by atoms with Crippen molar-refractivity contribution < 1.29 is 9.47 Å². The summed E-state index contributed by atoms with van der Waals surface area (Å²) in [5, 5.41) is 4.50. The van der Waals surface area contributed by atoms with E-state index in [-0.39, 0.29) is 5.41 Å². The molecule has 0 unspecified atom stereocenters. The second-order valence-electron chi connectivity index (χ2n) is 9.50. The predicted molar refractivity (Wildman–Crippen MR) is 138 cm³/mol. The Morgan fingerprint density at radius 2 is 1.06 bits per heavy atom. The van der Waals surface area contributed by atoms with Crippen molar-refractivity contribution in [1.29, 1.82) is 0 Å². The summed E-state index contributed by atoms with van der Waals surface area (Å²) in [5.74, 6) is 3.28. The molecule has 2 nitrogen and oxygen atoms in total. The van der Waals surface area contributed by atoms with Crippen molar-refractivity contribution in [2.45, 2.75) is 33.1 Å². The second-order valence-corrected chi connectivity index (χ2v) is 9.50. The molecule has 0 aliphatic heterocycles. The van der Waals surface area contributed by atoms with Crippen molar-refractivity contribution in [1.82, 2.24) is 0 Å². The zero-order valence-corrected chi connectivity index (χ0v) is 19.6. The van der Waals surface area contributed by atoms with Gasteiger partial charge in [0.05, 0.1) is 0 Å². The molecule has 0 saturated carbocycles. The molecule has 0 spiro atoms.